The van der Waals surface area contributed by atoms with Crippen LogP contribution in [0.2, 0.25) is 10.1 Å². The van der Waals surface area contributed by atoms with Crippen LogP contribution in [0.5, 0.6) is 0 Å². The zero-order valence-electron chi connectivity index (χ0n) is 29.4. The summed E-state index contributed by atoms with van der Waals surface area (Å²) in [5.74, 6) is -1.33. The summed E-state index contributed by atoms with van der Waals surface area (Å²) in [6.45, 7) is 18.1. The lowest BCUT2D eigenvalue weighted by molar-refractivity contribution is -0.166. The number of rotatable bonds is 12. The lowest BCUT2D eigenvalue weighted by Gasteiger charge is -2.48. The van der Waals surface area contributed by atoms with Crippen molar-refractivity contribution in [2.45, 2.75) is 70.8 Å². The Labute approximate surface area is 288 Å². The first-order chi connectivity index (χ1) is 22.7. The van der Waals surface area contributed by atoms with E-state index in [1.165, 1.54) is 7.11 Å². The minimum atomic E-state index is -3.43. The molecule has 2 atom stereocenters. The van der Waals surface area contributed by atoms with Gasteiger partial charge >= 0.3 is 11.9 Å². The highest BCUT2D eigenvalue weighted by molar-refractivity contribution is 7.00. The van der Waals surface area contributed by atoms with Crippen LogP contribution in [-0.2, 0) is 27.9 Å². The number of hydrogen-bond acceptors (Lipinski definition) is 6. The molecule has 0 aliphatic rings. The van der Waals surface area contributed by atoms with Crippen LogP contribution in [0.3, 0.4) is 0 Å². The van der Waals surface area contributed by atoms with Gasteiger partial charge in [-0.25, -0.2) is 9.59 Å². The maximum absolute atomic E-state index is 14.4. The molecule has 0 amide bonds. The van der Waals surface area contributed by atoms with Crippen molar-refractivity contribution in [3.8, 4) is 0 Å². The fourth-order valence-corrected chi connectivity index (χ4v) is 15.8. The summed E-state index contributed by atoms with van der Waals surface area (Å²) in [6.07, 6.45) is -3.00. The number of esters is 2. The smallest absolute Gasteiger partial charge is 0.342 e. The van der Waals surface area contributed by atoms with Gasteiger partial charge < -0.3 is 18.3 Å². The fourth-order valence-electron chi connectivity index (χ4n) is 6.58. The maximum atomic E-state index is 14.4. The molecule has 0 aliphatic carbocycles. The van der Waals surface area contributed by atoms with Crippen molar-refractivity contribution in [1.82, 2.24) is 0 Å². The van der Waals surface area contributed by atoms with E-state index in [4.69, 9.17) is 18.3 Å². The molecule has 0 radical (unpaired) electrons. The molecule has 0 unspecified atom stereocenters. The van der Waals surface area contributed by atoms with Crippen LogP contribution in [0, 0.1) is 0 Å². The van der Waals surface area contributed by atoms with Crippen LogP contribution in [0.25, 0.3) is 0 Å². The molecule has 0 aliphatic heterocycles. The highest BCUT2D eigenvalue weighted by Gasteiger charge is 2.58. The standard InChI is InChI=1S/C40H48O6Si2/c1-30(2)44-38(42)36(46-48(40(6,7)8,33-26-18-12-19-27-33)34-28-20-13-21-29-34)35(37(41)43-9)45-47(39(3,4)5,31-22-14-10-15-23-31)32-24-16-11-17-25-32/h10-29,35-36H,1H2,2-9H3/t35-,36-/m1/s1. The molecule has 6 nitrogen and oxygen atoms in total. The molecule has 0 saturated heterocycles. The molecule has 0 aromatic heterocycles. The van der Waals surface area contributed by atoms with Gasteiger partial charge in [-0.1, -0.05) is 169 Å². The molecule has 0 heterocycles. The Balaban J connectivity index is 2.07. The molecule has 0 spiro atoms. The van der Waals surface area contributed by atoms with E-state index in [-0.39, 0.29) is 5.76 Å². The lowest BCUT2D eigenvalue weighted by atomic mass is 10.2. The first-order valence-corrected chi connectivity index (χ1v) is 20.0. The van der Waals surface area contributed by atoms with Gasteiger partial charge in [0.2, 0.25) is 0 Å². The van der Waals surface area contributed by atoms with Crippen molar-refractivity contribution < 1.29 is 27.9 Å². The van der Waals surface area contributed by atoms with Crippen LogP contribution in [-0.4, -0.2) is 47.9 Å². The van der Waals surface area contributed by atoms with Gasteiger partial charge in [0, 0.05) is 0 Å². The summed E-state index contributed by atoms with van der Waals surface area (Å²) in [5, 5.41) is 2.72. The van der Waals surface area contributed by atoms with E-state index in [2.05, 4.69) is 48.1 Å². The molecule has 8 heteroatoms. The van der Waals surface area contributed by atoms with Crippen LogP contribution in [0.15, 0.2) is 134 Å². The SMILES string of the molecule is C=C(C)OC(=O)[C@H](O[Si](c1ccccc1)(c1ccccc1)C(C)(C)C)[C@@H](O[Si](c1ccccc1)(c1ccccc1)C(C)(C)C)C(=O)OC. The largest absolute Gasteiger partial charge is 0.467 e. The highest BCUT2D eigenvalue weighted by Crippen LogP contribution is 2.41. The normalized spacial score (nSPS) is 13.7. The van der Waals surface area contributed by atoms with E-state index in [0.29, 0.717) is 0 Å². The van der Waals surface area contributed by atoms with Crippen molar-refractivity contribution in [2.24, 2.45) is 0 Å². The van der Waals surface area contributed by atoms with Gasteiger partial charge in [0.1, 0.15) is 0 Å². The van der Waals surface area contributed by atoms with Gasteiger partial charge in [0.05, 0.1) is 12.9 Å². The van der Waals surface area contributed by atoms with E-state index in [1.807, 2.05) is 121 Å². The van der Waals surface area contributed by atoms with Gasteiger partial charge in [-0.05, 0) is 37.7 Å². The summed E-state index contributed by atoms with van der Waals surface area (Å²) >= 11 is 0. The van der Waals surface area contributed by atoms with E-state index < -0.39 is 50.9 Å². The third-order valence-corrected chi connectivity index (χ3v) is 18.7. The van der Waals surface area contributed by atoms with Gasteiger partial charge in [-0.15, -0.1) is 0 Å². The molecule has 4 rings (SSSR count). The van der Waals surface area contributed by atoms with Crippen molar-refractivity contribution in [2.75, 3.05) is 7.11 Å². The van der Waals surface area contributed by atoms with E-state index in [0.717, 1.165) is 20.7 Å². The number of benzene rings is 4. The lowest BCUT2D eigenvalue weighted by Crippen LogP contribution is -2.72. The Morgan fingerprint density at radius 2 is 0.812 bits per heavy atom. The number of methoxy groups -OCH3 is 1. The third-order valence-electron chi connectivity index (χ3n) is 8.66. The summed E-state index contributed by atoms with van der Waals surface area (Å²) in [4.78, 5) is 28.6. The topological polar surface area (TPSA) is 71.1 Å². The molecule has 4 aromatic rings. The molecule has 252 valence electrons. The Kier molecular flexibility index (Phi) is 11.5. The van der Waals surface area contributed by atoms with Gasteiger partial charge in [-0.2, -0.15) is 0 Å². The van der Waals surface area contributed by atoms with E-state index >= 15 is 0 Å². The molecule has 0 N–H and O–H groups in total. The minimum absolute atomic E-state index is 0.171. The van der Waals surface area contributed by atoms with Crippen LogP contribution < -0.4 is 20.7 Å². The Hall–Kier alpha value is -4.09. The second-order valence-electron chi connectivity index (χ2n) is 14.0. The zero-order chi connectivity index (χ0) is 35.2. The molecule has 0 bridgehead atoms. The molecule has 48 heavy (non-hydrogen) atoms. The van der Waals surface area contributed by atoms with E-state index in [9.17, 15) is 9.59 Å². The minimum Gasteiger partial charge on any atom is -0.467 e. The van der Waals surface area contributed by atoms with Crippen molar-refractivity contribution in [1.29, 1.82) is 0 Å². The molecular weight excluding hydrogens is 633 g/mol. The summed E-state index contributed by atoms with van der Waals surface area (Å²) in [6, 6.07) is 39.8. The second-order valence-corrected chi connectivity index (χ2v) is 22.6. The molecule has 0 saturated carbocycles. The predicted octanol–water partition coefficient (Wildman–Crippen LogP) is 6.13. The monoisotopic (exact) mass is 680 g/mol. The van der Waals surface area contributed by atoms with Gasteiger partial charge in [-0.3, -0.25) is 0 Å². The van der Waals surface area contributed by atoms with E-state index in [1.54, 1.807) is 6.92 Å². The van der Waals surface area contributed by atoms with Crippen molar-refractivity contribution in [3.63, 3.8) is 0 Å². The third kappa shape index (κ3) is 7.32. The van der Waals surface area contributed by atoms with Gasteiger partial charge in [0.15, 0.2) is 12.2 Å². The summed E-state index contributed by atoms with van der Waals surface area (Å²) < 4.78 is 25.9. The predicted molar refractivity (Wildman–Crippen MR) is 198 cm³/mol. The number of carbonyl (C=O) groups is 2. The highest BCUT2D eigenvalue weighted by atomic mass is 28.4. The number of allylic oxidation sites excluding steroid dienone is 1. The summed E-state index contributed by atoms with van der Waals surface area (Å²) in [7, 11) is -5.55. The Bertz CT molecular complexity index is 1580. The van der Waals surface area contributed by atoms with Crippen LogP contribution >= 0.6 is 0 Å². The second kappa shape index (κ2) is 15.0. The average Bonchev–Trinajstić information content (AvgIpc) is 3.06. The summed E-state index contributed by atoms with van der Waals surface area (Å²) in [5.41, 5.74) is 0. The Morgan fingerprint density at radius 3 is 1.04 bits per heavy atom. The molecule has 4 aromatic carbocycles. The van der Waals surface area contributed by atoms with Gasteiger partial charge in [0.25, 0.3) is 16.6 Å². The average molecular weight is 681 g/mol. The fraction of sp³-hybridized carbons (Fsp3) is 0.300. The quantitative estimate of drug-likeness (QED) is 0.102. The molecular formula is C40H48O6Si2. The number of carbonyl (C=O) groups excluding carboxylic acids is 2. The number of hydrogen-bond donors (Lipinski definition) is 0. The van der Waals surface area contributed by atoms with Crippen molar-refractivity contribution in [3.05, 3.63) is 134 Å². The van der Waals surface area contributed by atoms with Crippen molar-refractivity contribution >= 4 is 49.3 Å². The first-order valence-electron chi connectivity index (χ1n) is 16.2. The Morgan fingerprint density at radius 1 is 0.542 bits per heavy atom. The maximum Gasteiger partial charge on any atom is 0.342 e. The molecule has 0 fully saturated rings. The van der Waals surface area contributed by atoms with Crippen LogP contribution in [0.1, 0.15) is 48.5 Å². The van der Waals surface area contributed by atoms with Crippen LogP contribution in [0.4, 0.5) is 0 Å². The number of ether oxygens (including phenoxy) is 2. The first kappa shape index (κ1) is 36.7. The zero-order valence-corrected chi connectivity index (χ0v) is 31.4.